The zero-order valence-electron chi connectivity index (χ0n) is 24.5. The average Bonchev–Trinajstić information content (AvgIpc) is 3.56. The first-order chi connectivity index (χ1) is 20.9. The van der Waals surface area contributed by atoms with E-state index in [1.165, 1.54) is 6.42 Å². The molecule has 43 heavy (non-hydrogen) atoms. The molecule has 0 unspecified atom stereocenters. The Balaban J connectivity index is 1.00. The summed E-state index contributed by atoms with van der Waals surface area (Å²) in [6, 6.07) is 12.2. The lowest BCUT2D eigenvalue weighted by atomic mass is 9.84. The molecule has 3 fully saturated rings. The van der Waals surface area contributed by atoms with Crippen LogP contribution in [0.1, 0.15) is 80.5 Å². The molecule has 0 spiro atoms. The predicted molar refractivity (Wildman–Crippen MR) is 163 cm³/mol. The minimum absolute atomic E-state index is 0.0529. The number of anilines is 2. The molecule has 4 aromatic rings. The van der Waals surface area contributed by atoms with E-state index in [0.717, 1.165) is 80.9 Å². The first-order valence-corrected chi connectivity index (χ1v) is 15.4. The topological polar surface area (TPSA) is 148 Å². The predicted octanol–water partition coefficient (Wildman–Crippen LogP) is 5.13. The standard InChI is InChI=1S/C32H38N8O3/c1-32(14-5-15-40(19-32)23-12-13-26(34-17-23)29-37-30(43-39-29)20-10-11-20)38-25-9-3-2-8-24(25)36-31-35-18-27(42-31)21-6-4-7-22(16-21)28(33)41/h4,6-7,12-13,16-18,20,24-25,38H,2-3,5,8-11,14-15,19H2,1H3,(H2,33,41)(H,35,36)/t24-,25-,32+/m1/s1. The number of hydrogen-bond donors (Lipinski definition) is 3. The normalized spacial score (nSPS) is 24.2. The number of nitrogens with zero attached hydrogens (tertiary/aromatic N) is 5. The van der Waals surface area contributed by atoms with Gasteiger partial charge in [-0.25, -0.2) is 4.98 Å². The zero-order valence-corrected chi connectivity index (χ0v) is 24.5. The van der Waals surface area contributed by atoms with E-state index in [1.807, 2.05) is 18.3 Å². The molecule has 11 heteroatoms. The van der Waals surface area contributed by atoms with Gasteiger partial charge in [0.25, 0.3) is 6.01 Å². The van der Waals surface area contributed by atoms with Crippen LogP contribution in [0.2, 0.25) is 0 Å². The number of primary amides is 1. The molecule has 7 rings (SSSR count). The van der Waals surface area contributed by atoms with Gasteiger partial charge in [0.15, 0.2) is 5.76 Å². The second-order valence-corrected chi connectivity index (χ2v) is 12.5. The highest BCUT2D eigenvalue weighted by atomic mass is 16.5. The van der Waals surface area contributed by atoms with Crippen molar-refractivity contribution in [2.45, 2.75) is 81.8 Å². The molecule has 224 valence electrons. The van der Waals surface area contributed by atoms with E-state index in [4.69, 9.17) is 14.7 Å². The number of pyridine rings is 1. The van der Waals surface area contributed by atoms with Crippen molar-refractivity contribution in [3.05, 3.63) is 60.2 Å². The van der Waals surface area contributed by atoms with Crippen molar-refractivity contribution < 1.29 is 13.7 Å². The highest BCUT2D eigenvalue weighted by Gasteiger charge is 2.37. The number of piperidine rings is 1. The molecule has 11 nitrogen and oxygen atoms in total. The summed E-state index contributed by atoms with van der Waals surface area (Å²) >= 11 is 0. The van der Waals surface area contributed by atoms with Crippen LogP contribution in [-0.2, 0) is 0 Å². The second kappa shape index (κ2) is 11.4. The SMILES string of the molecule is C[C@]1(N[C@@H]2CCCC[C@H]2Nc2ncc(-c3cccc(C(N)=O)c3)o2)CCCN(c2ccc(-c3noc(C4CC4)n3)nc2)C1. The molecule has 0 bridgehead atoms. The summed E-state index contributed by atoms with van der Waals surface area (Å²) in [7, 11) is 0. The Morgan fingerprint density at radius 3 is 2.70 bits per heavy atom. The fourth-order valence-corrected chi connectivity index (χ4v) is 6.50. The van der Waals surface area contributed by atoms with E-state index in [-0.39, 0.29) is 17.6 Å². The van der Waals surface area contributed by atoms with Crippen LogP contribution in [0.5, 0.6) is 0 Å². The Kier molecular flexibility index (Phi) is 7.34. The largest absolute Gasteiger partial charge is 0.424 e. The summed E-state index contributed by atoms with van der Waals surface area (Å²) in [4.78, 5) is 27.8. The number of benzene rings is 1. The third-order valence-corrected chi connectivity index (χ3v) is 8.95. The van der Waals surface area contributed by atoms with Crippen LogP contribution >= 0.6 is 0 Å². The van der Waals surface area contributed by atoms with Crippen molar-refractivity contribution in [2.75, 3.05) is 23.3 Å². The van der Waals surface area contributed by atoms with Crippen LogP contribution in [0.15, 0.2) is 57.7 Å². The Labute approximate surface area is 250 Å². The maximum absolute atomic E-state index is 11.6. The molecule has 2 aliphatic carbocycles. The molecule has 1 aromatic carbocycles. The molecular weight excluding hydrogens is 544 g/mol. The molecule has 4 N–H and O–H groups in total. The Hall–Kier alpha value is -4.25. The van der Waals surface area contributed by atoms with Gasteiger partial charge in [0.2, 0.25) is 17.6 Å². The van der Waals surface area contributed by atoms with Crippen molar-refractivity contribution >= 4 is 17.6 Å². The number of nitrogens with one attached hydrogen (secondary N) is 2. The highest BCUT2D eigenvalue weighted by Crippen LogP contribution is 2.39. The molecule has 3 aromatic heterocycles. The van der Waals surface area contributed by atoms with Crippen molar-refractivity contribution in [1.82, 2.24) is 25.4 Å². The molecular formula is C32H38N8O3. The number of hydrogen-bond acceptors (Lipinski definition) is 10. The van der Waals surface area contributed by atoms with E-state index >= 15 is 0 Å². The van der Waals surface area contributed by atoms with Crippen molar-refractivity contribution in [3.63, 3.8) is 0 Å². The van der Waals surface area contributed by atoms with Crippen molar-refractivity contribution in [2.24, 2.45) is 5.73 Å². The fraction of sp³-hybridized carbons (Fsp3) is 0.469. The minimum Gasteiger partial charge on any atom is -0.424 e. The quantitative estimate of drug-likeness (QED) is 0.242. The Bertz CT molecular complexity index is 1580. The molecule has 4 heterocycles. The van der Waals surface area contributed by atoms with Gasteiger partial charge in [-0.2, -0.15) is 4.98 Å². The number of aromatic nitrogens is 4. The van der Waals surface area contributed by atoms with Crippen LogP contribution in [0.25, 0.3) is 22.8 Å². The van der Waals surface area contributed by atoms with Gasteiger partial charge in [0, 0.05) is 47.8 Å². The molecule has 0 radical (unpaired) electrons. The summed E-state index contributed by atoms with van der Waals surface area (Å²) in [6.07, 6.45) is 12.6. The third-order valence-electron chi connectivity index (χ3n) is 8.95. The molecule has 3 aliphatic rings. The Morgan fingerprint density at radius 1 is 1.05 bits per heavy atom. The maximum Gasteiger partial charge on any atom is 0.295 e. The van der Waals surface area contributed by atoms with E-state index in [1.54, 1.807) is 24.4 Å². The number of rotatable bonds is 9. The van der Waals surface area contributed by atoms with Crippen molar-refractivity contribution in [1.29, 1.82) is 0 Å². The molecule has 3 atom stereocenters. The smallest absolute Gasteiger partial charge is 0.295 e. The fourth-order valence-electron chi connectivity index (χ4n) is 6.50. The van der Waals surface area contributed by atoms with Crippen molar-refractivity contribution in [3.8, 4) is 22.8 Å². The van der Waals surface area contributed by atoms with E-state index in [9.17, 15) is 4.79 Å². The van der Waals surface area contributed by atoms with Gasteiger partial charge in [0.1, 0.15) is 5.69 Å². The van der Waals surface area contributed by atoms with E-state index < -0.39 is 5.91 Å². The molecule has 2 saturated carbocycles. The average molecular weight is 583 g/mol. The number of oxazole rings is 1. The van der Waals surface area contributed by atoms with E-state index in [0.29, 0.717) is 29.1 Å². The van der Waals surface area contributed by atoms with Gasteiger partial charge in [-0.15, -0.1) is 0 Å². The van der Waals surface area contributed by atoms with Crippen LogP contribution in [0.3, 0.4) is 0 Å². The van der Waals surface area contributed by atoms with Gasteiger partial charge in [-0.3, -0.25) is 9.78 Å². The summed E-state index contributed by atoms with van der Waals surface area (Å²) < 4.78 is 11.5. The van der Waals surface area contributed by atoms with Gasteiger partial charge in [-0.05, 0) is 69.7 Å². The minimum atomic E-state index is -0.468. The lowest BCUT2D eigenvalue weighted by molar-refractivity contribution is 0.100. The number of amides is 1. The maximum atomic E-state index is 11.6. The molecule has 1 saturated heterocycles. The van der Waals surface area contributed by atoms with Gasteiger partial charge < -0.3 is 30.2 Å². The van der Waals surface area contributed by atoms with Crippen LogP contribution < -0.4 is 21.3 Å². The lowest BCUT2D eigenvalue weighted by Gasteiger charge is -2.46. The number of carbonyl (C=O) groups is 1. The van der Waals surface area contributed by atoms with Crippen LogP contribution in [-0.4, -0.2) is 56.7 Å². The van der Waals surface area contributed by atoms with Gasteiger partial charge in [0.05, 0.1) is 18.1 Å². The van der Waals surface area contributed by atoms with E-state index in [2.05, 4.69) is 48.6 Å². The van der Waals surface area contributed by atoms with Gasteiger partial charge >= 0.3 is 0 Å². The first kappa shape index (κ1) is 27.6. The summed E-state index contributed by atoms with van der Waals surface area (Å²) in [6.45, 7) is 4.22. The first-order valence-electron chi connectivity index (χ1n) is 15.4. The number of nitrogens with two attached hydrogens (primary N) is 1. The molecule has 1 amide bonds. The third kappa shape index (κ3) is 6.13. The lowest BCUT2D eigenvalue weighted by Crippen LogP contribution is -2.61. The Morgan fingerprint density at radius 2 is 1.91 bits per heavy atom. The highest BCUT2D eigenvalue weighted by molar-refractivity contribution is 5.93. The van der Waals surface area contributed by atoms with Gasteiger partial charge in [-0.1, -0.05) is 30.1 Å². The summed E-state index contributed by atoms with van der Waals surface area (Å²) in [5, 5.41) is 11.7. The van der Waals surface area contributed by atoms with Crippen LogP contribution in [0, 0.1) is 0 Å². The number of carbonyl (C=O) groups excluding carboxylic acids is 1. The zero-order chi connectivity index (χ0) is 29.4. The molecule has 1 aliphatic heterocycles. The monoisotopic (exact) mass is 582 g/mol. The second-order valence-electron chi connectivity index (χ2n) is 12.5. The summed E-state index contributed by atoms with van der Waals surface area (Å²) in [5.74, 6) is 1.85. The summed E-state index contributed by atoms with van der Waals surface area (Å²) in [5.41, 5.74) is 8.46. The van der Waals surface area contributed by atoms with Crippen LogP contribution in [0.4, 0.5) is 11.7 Å².